The molecule has 1 aromatic heterocycles. The molecule has 0 aliphatic rings. The number of aliphatic hydroxyl groups excluding tert-OH is 1. The van der Waals surface area contributed by atoms with Gasteiger partial charge in [-0.15, -0.1) is 5.10 Å². The van der Waals surface area contributed by atoms with Crippen LogP contribution in [0.5, 0.6) is 0 Å². The predicted molar refractivity (Wildman–Crippen MR) is 83.2 cm³/mol. The predicted octanol–water partition coefficient (Wildman–Crippen LogP) is 2.11. The van der Waals surface area contributed by atoms with Crippen molar-refractivity contribution >= 4 is 0 Å². The first kappa shape index (κ1) is 15.7. The summed E-state index contributed by atoms with van der Waals surface area (Å²) in [6.07, 6.45) is 1.73. The van der Waals surface area contributed by atoms with Crippen molar-refractivity contribution < 1.29 is 5.11 Å². The molecule has 21 heavy (non-hydrogen) atoms. The topological polar surface area (TPSA) is 54.2 Å². The van der Waals surface area contributed by atoms with Crippen molar-refractivity contribution in [3.05, 3.63) is 42.5 Å². The highest BCUT2D eigenvalue weighted by molar-refractivity contribution is 5.29. The number of hydrogen-bond acceptors (Lipinski definition) is 4. The SMILES string of the molecule is CN(Cc1ncn(-c2ccccc2)n1)C(CO)C(C)(C)C. The Balaban J connectivity index is 2.09. The fourth-order valence-corrected chi connectivity index (χ4v) is 2.48. The van der Waals surface area contributed by atoms with Crippen LogP contribution in [0.15, 0.2) is 36.7 Å². The minimum Gasteiger partial charge on any atom is -0.395 e. The van der Waals surface area contributed by atoms with Crippen LogP contribution in [-0.2, 0) is 6.54 Å². The van der Waals surface area contributed by atoms with E-state index in [2.05, 4.69) is 35.8 Å². The summed E-state index contributed by atoms with van der Waals surface area (Å²) in [5.41, 5.74) is 0.999. The monoisotopic (exact) mass is 288 g/mol. The number of benzene rings is 1. The van der Waals surface area contributed by atoms with Crippen LogP contribution >= 0.6 is 0 Å². The fourth-order valence-electron chi connectivity index (χ4n) is 2.48. The summed E-state index contributed by atoms with van der Waals surface area (Å²) in [6.45, 7) is 7.11. The summed E-state index contributed by atoms with van der Waals surface area (Å²) in [6, 6.07) is 9.99. The Morgan fingerprint density at radius 1 is 1.24 bits per heavy atom. The second kappa shape index (κ2) is 6.37. The van der Waals surface area contributed by atoms with Crippen LogP contribution in [-0.4, -0.2) is 44.5 Å². The van der Waals surface area contributed by atoms with E-state index >= 15 is 0 Å². The number of aliphatic hydroxyl groups is 1. The summed E-state index contributed by atoms with van der Waals surface area (Å²) in [4.78, 5) is 6.46. The zero-order valence-corrected chi connectivity index (χ0v) is 13.2. The molecule has 1 aromatic carbocycles. The fraction of sp³-hybridized carbons (Fsp3) is 0.500. The van der Waals surface area contributed by atoms with Crippen molar-refractivity contribution in [3.63, 3.8) is 0 Å². The van der Waals surface area contributed by atoms with Gasteiger partial charge in [0.2, 0.25) is 0 Å². The zero-order chi connectivity index (χ0) is 15.5. The van der Waals surface area contributed by atoms with E-state index in [9.17, 15) is 5.11 Å². The highest BCUT2D eigenvalue weighted by Gasteiger charge is 2.28. The largest absolute Gasteiger partial charge is 0.395 e. The summed E-state index contributed by atoms with van der Waals surface area (Å²) < 4.78 is 1.77. The molecule has 2 rings (SSSR count). The van der Waals surface area contributed by atoms with E-state index in [1.54, 1.807) is 11.0 Å². The maximum atomic E-state index is 9.61. The van der Waals surface area contributed by atoms with Crippen LogP contribution in [0.25, 0.3) is 5.69 Å². The maximum absolute atomic E-state index is 9.61. The van der Waals surface area contributed by atoms with Crippen LogP contribution in [0.4, 0.5) is 0 Å². The van der Waals surface area contributed by atoms with Gasteiger partial charge in [-0.1, -0.05) is 39.0 Å². The lowest BCUT2D eigenvalue weighted by Gasteiger charge is -2.36. The van der Waals surface area contributed by atoms with E-state index < -0.39 is 0 Å². The molecule has 0 amide bonds. The lowest BCUT2D eigenvalue weighted by molar-refractivity contribution is 0.0598. The molecule has 1 unspecified atom stereocenters. The quantitative estimate of drug-likeness (QED) is 0.915. The minimum absolute atomic E-state index is 0.00545. The van der Waals surface area contributed by atoms with Gasteiger partial charge in [0.15, 0.2) is 5.82 Å². The molecule has 1 heterocycles. The van der Waals surface area contributed by atoms with Gasteiger partial charge < -0.3 is 5.11 Å². The van der Waals surface area contributed by atoms with Gasteiger partial charge in [-0.05, 0) is 24.6 Å². The van der Waals surface area contributed by atoms with E-state index in [-0.39, 0.29) is 18.1 Å². The zero-order valence-electron chi connectivity index (χ0n) is 13.2. The van der Waals surface area contributed by atoms with Crippen LogP contribution < -0.4 is 0 Å². The first-order chi connectivity index (χ1) is 9.91. The first-order valence-electron chi connectivity index (χ1n) is 7.19. The Morgan fingerprint density at radius 2 is 1.90 bits per heavy atom. The molecular weight excluding hydrogens is 264 g/mol. The van der Waals surface area contributed by atoms with Crippen LogP contribution in [0.1, 0.15) is 26.6 Å². The molecule has 1 atom stereocenters. The molecule has 0 bridgehead atoms. The maximum Gasteiger partial charge on any atom is 0.164 e. The number of rotatable bonds is 5. The highest BCUT2D eigenvalue weighted by atomic mass is 16.3. The van der Waals surface area contributed by atoms with Crippen LogP contribution in [0.3, 0.4) is 0 Å². The highest BCUT2D eigenvalue weighted by Crippen LogP contribution is 2.23. The molecule has 0 aliphatic carbocycles. The Hall–Kier alpha value is -1.72. The van der Waals surface area contributed by atoms with Crippen molar-refractivity contribution in [2.75, 3.05) is 13.7 Å². The smallest absolute Gasteiger partial charge is 0.164 e. The van der Waals surface area contributed by atoms with E-state index in [0.717, 1.165) is 11.5 Å². The molecule has 0 saturated carbocycles. The van der Waals surface area contributed by atoms with Crippen molar-refractivity contribution in [2.24, 2.45) is 5.41 Å². The van der Waals surface area contributed by atoms with Gasteiger partial charge in [-0.3, -0.25) is 4.90 Å². The van der Waals surface area contributed by atoms with Crippen LogP contribution in [0, 0.1) is 5.41 Å². The van der Waals surface area contributed by atoms with E-state index in [4.69, 9.17) is 0 Å². The number of nitrogens with zero attached hydrogens (tertiary/aromatic N) is 4. The third kappa shape index (κ3) is 3.89. The summed E-state index contributed by atoms with van der Waals surface area (Å²) >= 11 is 0. The Morgan fingerprint density at radius 3 is 2.48 bits per heavy atom. The summed E-state index contributed by atoms with van der Waals surface area (Å²) in [7, 11) is 2.00. The molecule has 1 N–H and O–H groups in total. The van der Waals surface area contributed by atoms with Gasteiger partial charge in [-0.25, -0.2) is 9.67 Å². The van der Waals surface area contributed by atoms with E-state index in [1.165, 1.54) is 0 Å². The van der Waals surface area contributed by atoms with Gasteiger partial charge in [0.05, 0.1) is 18.8 Å². The van der Waals surface area contributed by atoms with Gasteiger partial charge in [0.1, 0.15) is 6.33 Å². The summed E-state index contributed by atoms with van der Waals surface area (Å²) in [5, 5.41) is 14.1. The van der Waals surface area contributed by atoms with Crippen molar-refractivity contribution in [1.29, 1.82) is 0 Å². The van der Waals surface area contributed by atoms with Crippen LogP contribution in [0.2, 0.25) is 0 Å². The first-order valence-corrected chi connectivity index (χ1v) is 7.19. The third-order valence-corrected chi connectivity index (χ3v) is 3.66. The molecule has 0 saturated heterocycles. The summed E-state index contributed by atoms with van der Waals surface area (Å²) in [5.74, 6) is 0.754. The Bertz CT molecular complexity index is 559. The second-order valence-corrected chi connectivity index (χ2v) is 6.42. The standard InChI is InChI=1S/C16H24N4O/c1-16(2,3)14(11-21)19(4)10-15-17-12-20(18-15)13-8-6-5-7-9-13/h5-9,12,14,21H,10-11H2,1-4H3. The number of hydrogen-bond donors (Lipinski definition) is 1. The molecule has 5 heteroatoms. The van der Waals surface area contributed by atoms with Crippen molar-refractivity contribution in [1.82, 2.24) is 19.7 Å². The number of aromatic nitrogens is 3. The lowest BCUT2D eigenvalue weighted by atomic mass is 9.86. The average Bonchev–Trinajstić information content (AvgIpc) is 2.87. The average molecular weight is 288 g/mol. The molecule has 0 spiro atoms. The molecule has 0 fully saturated rings. The van der Waals surface area contributed by atoms with Gasteiger partial charge >= 0.3 is 0 Å². The van der Waals surface area contributed by atoms with Crippen molar-refractivity contribution in [2.45, 2.75) is 33.4 Å². The minimum atomic E-state index is 0.00545. The lowest BCUT2D eigenvalue weighted by Crippen LogP contribution is -2.44. The Labute approximate surface area is 126 Å². The molecule has 114 valence electrons. The van der Waals surface area contributed by atoms with Gasteiger partial charge in [-0.2, -0.15) is 0 Å². The Kier molecular flexibility index (Phi) is 4.75. The molecule has 5 nitrogen and oxygen atoms in total. The van der Waals surface area contributed by atoms with Gasteiger partial charge in [0, 0.05) is 6.04 Å². The molecule has 0 aliphatic heterocycles. The third-order valence-electron chi connectivity index (χ3n) is 3.66. The number of para-hydroxylation sites is 1. The number of likely N-dealkylation sites (N-methyl/N-ethyl adjacent to an activating group) is 1. The van der Waals surface area contributed by atoms with Crippen molar-refractivity contribution in [3.8, 4) is 5.69 Å². The second-order valence-electron chi connectivity index (χ2n) is 6.42. The van der Waals surface area contributed by atoms with E-state index in [0.29, 0.717) is 6.54 Å². The normalized spacial score (nSPS) is 13.6. The van der Waals surface area contributed by atoms with E-state index in [1.807, 2.05) is 37.4 Å². The molecular formula is C16H24N4O. The van der Waals surface area contributed by atoms with Gasteiger partial charge in [0.25, 0.3) is 0 Å². The molecule has 0 radical (unpaired) electrons. The molecule has 2 aromatic rings.